The van der Waals surface area contributed by atoms with Crippen LogP contribution in [0.4, 0.5) is 0 Å². The highest BCUT2D eigenvalue weighted by Crippen LogP contribution is 2.53. The molecule has 0 aromatic heterocycles. The molecule has 0 heterocycles. The Morgan fingerprint density at radius 3 is 2.00 bits per heavy atom. The summed E-state index contributed by atoms with van der Waals surface area (Å²) in [5, 5.41) is 3.11. The molecule has 0 unspecified atom stereocenters. The maximum atomic E-state index is 12.8. The van der Waals surface area contributed by atoms with Gasteiger partial charge < -0.3 is 13.8 Å². The zero-order valence-electron chi connectivity index (χ0n) is 14.0. The van der Waals surface area contributed by atoms with Crippen LogP contribution >= 0.6 is 7.60 Å². The van der Waals surface area contributed by atoms with E-state index in [-0.39, 0.29) is 5.97 Å². The van der Waals surface area contributed by atoms with Gasteiger partial charge in [-0.05, 0) is 32.6 Å². The average molecular weight is 323 g/mol. The second-order valence-corrected chi connectivity index (χ2v) is 7.39. The first-order valence-electron chi connectivity index (χ1n) is 7.57. The van der Waals surface area contributed by atoms with Gasteiger partial charge in [0.25, 0.3) is 0 Å². The highest BCUT2D eigenvalue weighted by molar-refractivity contribution is 7.54. The zero-order valence-corrected chi connectivity index (χ0v) is 14.9. The summed E-state index contributed by atoms with van der Waals surface area (Å²) < 4.78 is 28.4. The van der Waals surface area contributed by atoms with Crippen molar-refractivity contribution in [1.29, 1.82) is 0 Å². The van der Waals surface area contributed by atoms with Crippen LogP contribution in [0.2, 0.25) is 0 Å². The van der Waals surface area contributed by atoms with E-state index < -0.39 is 19.4 Å². The normalized spacial score (nSPS) is 15.0. The van der Waals surface area contributed by atoms with E-state index in [4.69, 9.17) is 13.8 Å². The smallest absolute Gasteiger partial charge is 0.347 e. The molecule has 0 radical (unpaired) electrons. The molecule has 0 saturated heterocycles. The molecule has 0 saturated carbocycles. The fourth-order valence-electron chi connectivity index (χ4n) is 2.09. The van der Waals surface area contributed by atoms with Crippen molar-refractivity contribution in [2.24, 2.45) is 5.92 Å². The number of carbonyl (C=O) groups excluding carboxylic acids is 1. The summed E-state index contributed by atoms with van der Waals surface area (Å²) in [5.74, 6) is -0.584. The Bertz CT molecular complexity index is 338. The van der Waals surface area contributed by atoms with Crippen molar-refractivity contribution in [2.45, 2.75) is 59.3 Å². The third-order valence-electron chi connectivity index (χ3n) is 2.97. The minimum atomic E-state index is -3.30. The van der Waals surface area contributed by atoms with Crippen LogP contribution in [0, 0.1) is 5.92 Å². The molecule has 0 rings (SSSR count). The quantitative estimate of drug-likeness (QED) is 0.465. The third kappa shape index (κ3) is 6.92. The first-order valence-corrected chi connectivity index (χ1v) is 9.18. The zero-order chi connectivity index (χ0) is 16.5. The Morgan fingerprint density at radius 2 is 1.67 bits per heavy atom. The van der Waals surface area contributed by atoms with Crippen molar-refractivity contribution >= 4 is 13.6 Å². The summed E-state index contributed by atoms with van der Waals surface area (Å²) in [5.41, 5.74) is 0. The molecule has 1 N–H and O–H groups in total. The van der Waals surface area contributed by atoms with Crippen molar-refractivity contribution in [1.82, 2.24) is 5.32 Å². The number of rotatable bonds is 11. The molecule has 0 aliphatic rings. The van der Waals surface area contributed by atoms with Crippen molar-refractivity contribution in [3.8, 4) is 0 Å². The van der Waals surface area contributed by atoms with Gasteiger partial charge in [-0.3, -0.25) is 14.7 Å². The Morgan fingerprint density at radius 1 is 1.14 bits per heavy atom. The molecule has 0 fully saturated rings. The molecule has 7 heteroatoms. The molecular formula is C14H30NO5P. The topological polar surface area (TPSA) is 73.9 Å². The molecule has 21 heavy (non-hydrogen) atoms. The van der Waals surface area contributed by atoms with Crippen LogP contribution in [-0.2, 0) is 23.1 Å². The maximum Gasteiger partial charge on any atom is 0.347 e. The van der Waals surface area contributed by atoms with E-state index in [9.17, 15) is 9.36 Å². The monoisotopic (exact) mass is 323 g/mol. The SMILES string of the molecule is CCOP(=O)(OCC)[C@H](CC)N[C@@H](CC(C)C)C(=O)OC. The summed E-state index contributed by atoms with van der Waals surface area (Å²) in [6.07, 6.45) is 1.13. The van der Waals surface area contributed by atoms with E-state index in [1.54, 1.807) is 13.8 Å². The number of hydrogen-bond acceptors (Lipinski definition) is 6. The van der Waals surface area contributed by atoms with Crippen LogP contribution in [0.5, 0.6) is 0 Å². The van der Waals surface area contributed by atoms with Crippen molar-refractivity contribution < 1.29 is 23.1 Å². The van der Waals surface area contributed by atoms with Crippen molar-refractivity contribution in [3.05, 3.63) is 0 Å². The first-order chi connectivity index (χ1) is 9.84. The number of ether oxygens (including phenoxy) is 1. The minimum absolute atomic E-state index is 0.294. The lowest BCUT2D eigenvalue weighted by Gasteiger charge is -2.29. The van der Waals surface area contributed by atoms with Gasteiger partial charge in [0, 0.05) is 0 Å². The molecule has 0 aromatic carbocycles. The Labute approximate surface area is 128 Å². The van der Waals surface area contributed by atoms with E-state index in [1.165, 1.54) is 7.11 Å². The van der Waals surface area contributed by atoms with Gasteiger partial charge in [0.2, 0.25) is 0 Å². The molecule has 0 amide bonds. The molecule has 2 atom stereocenters. The molecule has 0 aromatic rings. The number of nitrogens with one attached hydrogen (secondary N) is 1. The summed E-state index contributed by atoms with van der Waals surface area (Å²) in [4.78, 5) is 11.9. The minimum Gasteiger partial charge on any atom is -0.468 e. The predicted molar refractivity (Wildman–Crippen MR) is 83.3 cm³/mol. The van der Waals surface area contributed by atoms with Crippen LogP contribution in [0.15, 0.2) is 0 Å². The lowest BCUT2D eigenvalue weighted by atomic mass is 10.0. The third-order valence-corrected chi connectivity index (χ3v) is 5.49. The van der Waals surface area contributed by atoms with Gasteiger partial charge in [-0.2, -0.15) is 0 Å². The standard InChI is InChI=1S/C14H30NO5P/c1-7-13(21(17,19-8-2)20-9-3)15-12(10-11(4)5)14(16)18-6/h11-13,15H,7-10H2,1-6H3/t12-,13+/m0/s1. The van der Waals surface area contributed by atoms with Crippen LogP contribution in [0.25, 0.3) is 0 Å². The molecule has 126 valence electrons. The second kappa shape index (κ2) is 10.3. The summed E-state index contributed by atoms with van der Waals surface area (Å²) in [6, 6.07) is -0.519. The highest BCUT2D eigenvalue weighted by Gasteiger charge is 2.37. The fraction of sp³-hybridized carbons (Fsp3) is 0.929. The molecule has 0 spiro atoms. The molecule has 6 nitrogen and oxygen atoms in total. The number of esters is 1. The van der Waals surface area contributed by atoms with Crippen molar-refractivity contribution in [3.63, 3.8) is 0 Å². The predicted octanol–water partition coefficient (Wildman–Crippen LogP) is 3.17. The first kappa shape index (κ1) is 20.6. The average Bonchev–Trinajstić information content (AvgIpc) is 2.42. The van der Waals surface area contributed by atoms with Gasteiger partial charge in [-0.1, -0.05) is 20.8 Å². The van der Waals surface area contributed by atoms with E-state index >= 15 is 0 Å². The number of hydrogen-bond donors (Lipinski definition) is 1. The van der Waals surface area contributed by atoms with E-state index in [1.807, 2.05) is 20.8 Å². The van der Waals surface area contributed by atoms with Crippen LogP contribution < -0.4 is 5.32 Å². The molecule has 0 bridgehead atoms. The molecule has 0 aliphatic heterocycles. The lowest BCUT2D eigenvalue weighted by molar-refractivity contribution is -0.143. The van der Waals surface area contributed by atoms with Gasteiger partial charge in [0.1, 0.15) is 11.8 Å². The number of methoxy groups -OCH3 is 1. The van der Waals surface area contributed by atoms with Gasteiger partial charge in [-0.25, -0.2) is 0 Å². The van der Waals surface area contributed by atoms with Crippen LogP contribution in [0.3, 0.4) is 0 Å². The Kier molecular flexibility index (Phi) is 10.1. The van der Waals surface area contributed by atoms with E-state index in [0.717, 1.165) is 0 Å². The van der Waals surface area contributed by atoms with Gasteiger partial charge in [0.05, 0.1) is 20.3 Å². The Balaban J connectivity index is 5.12. The van der Waals surface area contributed by atoms with Gasteiger partial charge in [-0.15, -0.1) is 0 Å². The summed E-state index contributed by atoms with van der Waals surface area (Å²) in [7, 11) is -1.95. The maximum absolute atomic E-state index is 12.8. The van der Waals surface area contributed by atoms with Crippen LogP contribution in [-0.4, -0.2) is 38.1 Å². The molecule has 0 aliphatic carbocycles. The number of carbonyl (C=O) groups is 1. The van der Waals surface area contributed by atoms with Crippen LogP contribution in [0.1, 0.15) is 47.5 Å². The second-order valence-electron chi connectivity index (χ2n) is 5.17. The lowest BCUT2D eigenvalue weighted by Crippen LogP contribution is -2.44. The summed E-state index contributed by atoms with van der Waals surface area (Å²) in [6.45, 7) is 10.0. The van der Waals surface area contributed by atoms with Gasteiger partial charge in [0.15, 0.2) is 0 Å². The largest absolute Gasteiger partial charge is 0.468 e. The van der Waals surface area contributed by atoms with Crippen molar-refractivity contribution in [2.75, 3.05) is 20.3 Å². The summed E-state index contributed by atoms with van der Waals surface area (Å²) >= 11 is 0. The van der Waals surface area contributed by atoms with E-state index in [0.29, 0.717) is 32.0 Å². The highest BCUT2D eigenvalue weighted by atomic mass is 31.2. The fourth-order valence-corrected chi connectivity index (χ4v) is 4.05. The molecular weight excluding hydrogens is 293 g/mol. The Hall–Kier alpha value is -0.420. The van der Waals surface area contributed by atoms with E-state index in [2.05, 4.69) is 5.32 Å². The van der Waals surface area contributed by atoms with Gasteiger partial charge >= 0.3 is 13.6 Å².